The lowest BCUT2D eigenvalue weighted by Crippen LogP contribution is -2.46. The lowest BCUT2D eigenvalue weighted by molar-refractivity contribution is -0.0353. The van der Waals surface area contributed by atoms with Gasteiger partial charge in [-0.15, -0.1) is 5.10 Å². The highest BCUT2D eigenvalue weighted by Crippen LogP contribution is 2.56. The number of hydrogen-bond donors (Lipinski definition) is 3. The van der Waals surface area contributed by atoms with Gasteiger partial charge in [0.15, 0.2) is 47.6 Å². The van der Waals surface area contributed by atoms with E-state index in [1.165, 1.54) is 10.9 Å². The van der Waals surface area contributed by atoms with Crippen molar-refractivity contribution in [3.63, 3.8) is 0 Å². The van der Waals surface area contributed by atoms with Gasteiger partial charge >= 0.3 is 5.97 Å². The monoisotopic (exact) mass is 816 g/mol. The predicted octanol–water partition coefficient (Wildman–Crippen LogP) is 7.83. The Balaban J connectivity index is 1.68. The number of aromatic nitrogens is 7. The van der Waals surface area contributed by atoms with Crippen molar-refractivity contribution in [3.05, 3.63) is 18.2 Å². The molecule has 0 spiro atoms. The van der Waals surface area contributed by atoms with Crippen LogP contribution < -0.4 is 5.32 Å². The molecule has 1 saturated heterocycles. The Labute approximate surface area is 330 Å². The highest BCUT2D eigenvalue weighted by molar-refractivity contribution is 6.74. The number of fused-ring (bicyclic) bond motifs is 1. The van der Waals surface area contributed by atoms with Gasteiger partial charge in [-0.3, -0.25) is 4.57 Å². The first-order chi connectivity index (χ1) is 25.3. The highest BCUT2D eigenvalue weighted by Gasteiger charge is 2.54. The Kier molecular flexibility index (Phi) is 12.4. The first kappa shape index (κ1) is 43.6. The second-order valence-electron chi connectivity index (χ2n) is 19.8. The Morgan fingerprint density at radius 3 is 2.11 bits per heavy atom. The number of hydrogen-bond acceptors (Lipinski definition) is 12. The van der Waals surface area contributed by atoms with Crippen molar-refractivity contribution in [3.8, 4) is 5.95 Å². The molecule has 14 nitrogen and oxygen atoms in total. The third kappa shape index (κ3) is 9.28. The first-order valence-electron chi connectivity index (χ1n) is 20.1. The summed E-state index contributed by atoms with van der Waals surface area (Å²) >= 11 is 0. The fourth-order valence-corrected chi connectivity index (χ4v) is 9.73. The number of nitrogens with zero attached hydrogens (tertiary/aromatic N) is 7. The van der Waals surface area contributed by atoms with Gasteiger partial charge in [0.2, 0.25) is 0 Å². The van der Waals surface area contributed by atoms with Crippen molar-refractivity contribution in [2.45, 2.75) is 167 Å². The molecule has 3 aromatic rings. The largest absolute Gasteiger partial charge is 0.461 e. The number of nitrogens with one attached hydrogen (secondary N) is 1. The molecule has 55 heavy (non-hydrogen) atoms. The molecule has 4 heterocycles. The number of esters is 1. The molecule has 1 aliphatic carbocycles. The van der Waals surface area contributed by atoms with Crippen molar-refractivity contribution < 1.29 is 28.3 Å². The van der Waals surface area contributed by atoms with Gasteiger partial charge in [0.25, 0.3) is 5.95 Å². The third-order valence-electron chi connectivity index (χ3n) is 13.5. The minimum Gasteiger partial charge on any atom is -0.461 e. The maximum atomic E-state index is 12.5. The minimum absolute atomic E-state index is 0.00314. The molecule has 5 rings (SSSR count). The average molecular weight is 817 g/mol. The van der Waals surface area contributed by atoms with Crippen LogP contribution in [0.1, 0.15) is 111 Å². The SMILES string of the molecule is CCOC(=O)c1cn(-c2nc(NC3CCCC3)c3ncn([C@@H]4O[C@H](CO[Si](C)(C)C(C)(C)C)[C@@H](CC(C)(C)[Si](C)(C)O)[C@H]4CC(C)(C)[Si](C)(C)O)c3n2)nn1. The summed E-state index contributed by atoms with van der Waals surface area (Å²) in [7, 11) is -7.47. The van der Waals surface area contributed by atoms with E-state index in [0.717, 1.165) is 32.1 Å². The summed E-state index contributed by atoms with van der Waals surface area (Å²) in [5.41, 5.74) is 1.24. The van der Waals surface area contributed by atoms with E-state index in [2.05, 4.69) is 77.2 Å². The summed E-state index contributed by atoms with van der Waals surface area (Å²) in [6.45, 7) is 30.4. The van der Waals surface area contributed by atoms with Crippen molar-refractivity contribution in [1.82, 2.24) is 34.5 Å². The maximum Gasteiger partial charge on any atom is 0.360 e. The summed E-state index contributed by atoms with van der Waals surface area (Å²) in [6, 6.07) is 0.240. The molecule has 1 saturated carbocycles. The van der Waals surface area contributed by atoms with Gasteiger partial charge in [0.1, 0.15) is 6.23 Å². The van der Waals surface area contributed by atoms with Crippen molar-refractivity contribution in [2.24, 2.45) is 11.8 Å². The number of carbonyl (C=O) groups excluding carboxylic acids is 1. The van der Waals surface area contributed by atoms with Crippen LogP contribution in [0.15, 0.2) is 12.5 Å². The molecule has 2 aliphatic rings. The number of carbonyl (C=O) groups is 1. The molecule has 3 N–H and O–H groups in total. The van der Waals surface area contributed by atoms with Crippen LogP contribution >= 0.6 is 0 Å². The molecule has 2 fully saturated rings. The van der Waals surface area contributed by atoms with Gasteiger partial charge in [-0.1, -0.05) is 66.5 Å². The lowest BCUT2D eigenvalue weighted by Gasteiger charge is -2.43. The molecule has 0 amide bonds. The van der Waals surface area contributed by atoms with E-state index in [1.54, 1.807) is 13.3 Å². The standard InChI is InChI=1S/C38H68N8O6Si3/c1-15-50-34(47)28-22-46(44-43-28)35-41-31(40-25-18-16-17-19-25)30-32(42-35)45(24-39-30)33-27(21-38(7,8)54(11,12)49)26(20-37(5,6)53(9,10)48)29(52-33)23-51-55(13,14)36(2,3)4/h22,24-27,29,33,48-49H,15-21,23H2,1-14H3,(H,40,41,42)/t26-,27+,29+,33+/m0/s1. The van der Waals surface area contributed by atoms with Crippen LogP contribution in [0.5, 0.6) is 0 Å². The van der Waals surface area contributed by atoms with Crippen LogP contribution in [0.25, 0.3) is 17.1 Å². The zero-order valence-corrected chi connectivity index (χ0v) is 38.9. The molecule has 308 valence electrons. The van der Waals surface area contributed by atoms with Gasteiger partial charge in [-0.25, -0.2) is 9.78 Å². The van der Waals surface area contributed by atoms with Crippen LogP contribution in [-0.2, 0) is 13.9 Å². The molecule has 1 aliphatic heterocycles. The smallest absolute Gasteiger partial charge is 0.360 e. The maximum absolute atomic E-state index is 12.5. The van der Waals surface area contributed by atoms with E-state index in [1.807, 2.05) is 30.8 Å². The third-order valence-corrected chi connectivity index (χ3v) is 25.0. The molecular weight excluding hydrogens is 749 g/mol. The number of ether oxygens (including phenoxy) is 2. The van der Waals surface area contributed by atoms with Crippen LogP contribution in [0.3, 0.4) is 0 Å². The van der Waals surface area contributed by atoms with Crippen LogP contribution in [-0.4, -0.2) is 100 Å². The predicted molar refractivity (Wildman–Crippen MR) is 223 cm³/mol. The highest BCUT2D eigenvalue weighted by atomic mass is 28.4. The molecule has 4 atom stereocenters. The summed E-state index contributed by atoms with van der Waals surface area (Å²) < 4.78 is 22.8. The number of rotatable bonds is 15. The summed E-state index contributed by atoms with van der Waals surface area (Å²) in [4.78, 5) is 50.7. The van der Waals surface area contributed by atoms with Crippen LogP contribution in [0.2, 0.25) is 54.4 Å². The fourth-order valence-electron chi connectivity index (χ4n) is 7.24. The van der Waals surface area contributed by atoms with E-state index >= 15 is 0 Å². The lowest BCUT2D eigenvalue weighted by atomic mass is 9.78. The van der Waals surface area contributed by atoms with E-state index in [9.17, 15) is 14.4 Å². The molecule has 0 radical (unpaired) electrons. The van der Waals surface area contributed by atoms with E-state index in [0.29, 0.717) is 30.0 Å². The number of anilines is 1. The van der Waals surface area contributed by atoms with Crippen LogP contribution in [0, 0.1) is 11.8 Å². The van der Waals surface area contributed by atoms with Crippen LogP contribution in [0.4, 0.5) is 5.82 Å². The summed E-state index contributed by atoms with van der Waals surface area (Å²) in [5.74, 6) is 0.164. The molecular formula is C38H68N8O6Si3. The average Bonchev–Trinajstić information content (AvgIpc) is 3.86. The minimum atomic E-state index is -2.67. The Hall–Kier alpha value is -2.55. The van der Waals surface area contributed by atoms with Crippen molar-refractivity contribution in [2.75, 3.05) is 18.5 Å². The summed E-state index contributed by atoms with van der Waals surface area (Å²) in [6.07, 6.45) is 8.25. The molecule has 3 aromatic heterocycles. The summed E-state index contributed by atoms with van der Waals surface area (Å²) in [5, 5.41) is 11.2. The molecule has 0 aromatic carbocycles. The van der Waals surface area contributed by atoms with Gasteiger partial charge in [0.05, 0.1) is 31.8 Å². The van der Waals surface area contributed by atoms with E-state index in [4.69, 9.17) is 28.9 Å². The Morgan fingerprint density at radius 1 is 0.945 bits per heavy atom. The topological polar surface area (TPSA) is 172 Å². The fraction of sp³-hybridized carbons (Fsp3) is 0.789. The first-order valence-corrected chi connectivity index (χ1v) is 28.9. The van der Waals surface area contributed by atoms with Gasteiger partial charge < -0.3 is 28.8 Å². The van der Waals surface area contributed by atoms with E-state index < -0.39 is 37.1 Å². The van der Waals surface area contributed by atoms with Gasteiger partial charge in [-0.2, -0.15) is 14.6 Å². The number of imidazole rings is 1. The zero-order chi connectivity index (χ0) is 40.9. The second kappa shape index (κ2) is 15.7. The van der Waals surface area contributed by atoms with E-state index in [-0.39, 0.29) is 57.3 Å². The van der Waals surface area contributed by atoms with Crippen molar-refractivity contribution in [1.29, 1.82) is 0 Å². The normalized spacial score (nSPS) is 22.2. The molecule has 17 heteroatoms. The molecule has 0 unspecified atom stereocenters. The van der Waals surface area contributed by atoms with Gasteiger partial charge in [0, 0.05) is 12.0 Å². The zero-order valence-electron chi connectivity index (χ0n) is 35.9. The Bertz CT molecular complexity index is 1800. The quantitative estimate of drug-likeness (QED) is 0.101. The second-order valence-corrected chi connectivity index (χ2v) is 33.6. The Morgan fingerprint density at radius 2 is 1.55 bits per heavy atom. The van der Waals surface area contributed by atoms with Gasteiger partial charge in [-0.05, 0) is 92.9 Å². The van der Waals surface area contributed by atoms with Crippen molar-refractivity contribution >= 4 is 47.9 Å². The molecule has 0 bridgehead atoms.